The number of benzene rings is 3. The van der Waals surface area contributed by atoms with Crippen molar-refractivity contribution in [3.8, 4) is 5.75 Å². The average molecular weight is 474 g/mol. The van der Waals surface area contributed by atoms with Gasteiger partial charge in [0.1, 0.15) is 28.4 Å². The quantitative estimate of drug-likeness (QED) is 0.259. The Balaban J connectivity index is 1.66. The number of ketones is 2. The first kappa shape index (κ1) is 22.5. The van der Waals surface area contributed by atoms with Crippen LogP contribution in [0.4, 0.5) is 8.78 Å². The number of para-hydroxylation sites is 3. The van der Waals surface area contributed by atoms with Gasteiger partial charge in [0.05, 0.1) is 22.3 Å². The summed E-state index contributed by atoms with van der Waals surface area (Å²) in [5.41, 5.74) is 0.200. The maximum Gasteiger partial charge on any atom is 0.201 e. The molecule has 0 fully saturated rings. The minimum Gasteiger partial charge on any atom is -0.506 e. The Labute approximate surface area is 198 Å². The normalized spacial score (nSPS) is 13.3. The summed E-state index contributed by atoms with van der Waals surface area (Å²) in [6.45, 7) is 2.50. The summed E-state index contributed by atoms with van der Waals surface area (Å²) in [6.07, 6.45) is -3.17. The van der Waals surface area contributed by atoms with Crippen molar-refractivity contribution < 1.29 is 32.3 Å². The summed E-state index contributed by atoms with van der Waals surface area (Å²) in [5, 5.41) is 11.8. The van der Waals surface area contributed by atoms with Crippen molar-refractivity contribution in [3.05, 3.63) is 101 Å². The molecule has 0 aliphatic carbocycles. The SMILES string of the molecule is CC(F)c1oc2ccccc2c1C(=O)c1cccc(C(=O)c2c(C(C)F)oc3ccccc23)c1O. The van der Waals surface area contributed by atoms with Gasteiger partial charge in [-0.25, -0.2) is 8.78 Å². The van der Waals surface area contributed by atoms with E-state index in [1.54, 1.807) is 48.5 Å². The standard InChI is InChI=1S/C28H20F2O5/c1-14(29)27-22(16-8-3-5-12-20(16)34-27)25(32)18-10-7-11-19(24(18)31)26(33)23-17-9-4-6-13-21(17)35-28(23)15(2)30/h3-15,31H,1-2H3. The highest BCUT2D eigenvalue weighted by molar-refractivity contribution is 6.22. The molecule has 35 heavy (non-hydrogen) atoms. The van der Waals surface area contributed by atoms with Gasteiger partial charge in [-0.3, -0.25) is 9.59 Å². The Kier molecular flexibility index (Phi) is 5.47. The van der Waals surface area contributed by atoms with Crippen LogP contribution < -0.4 is 0 Å². The predicted molar refractivity (Wildman–Crippen MR) is 126 cm³/mol. The number of furan rings is 2. The molecule has 5 aromatic rings. The van der Waals surface area contributed by atoms with Crippen molar-refractivity contribution in [3.63, 3.8) is 0 Å². The topological polar surface area (TPSA) is 80.7 Å². The molecule has 0 bridgehead atoms. The maximum atomic E-state index is 14.4. The van der Waals surface area contributed by atoms with Gasteiger partial charge in [0, 0.05) is 10.8 Å². The first-order valence-electron chi connectivity index (χ1n) is 11.0. The fraction of sp³-hybridized carbons (Fsp3) is 0.143. The number of halogens is 2. The molecule has 2 heterocycles. The molecule has 3 aromatic carbocycles. The molecule has 2 unspecified atom stereocenters. The van der Waals surface area contributed by atoms with Gasteiger partial charge in [-0.15, -0.1) is 0 Å². The monoisotopic (exact) mass is 474 g/mol. The third kappa shape index (κ3) is 3.60. The first-order chi connectivity index (χ1) is 16.8. The average Bonchev–Trinajstić information content (AvgIpc) is 3.43. The second-order valence-electron chi connectivity index (χ2n) is 8.27. The summed E-state index contributed by atoms with van der Waals surface area (Å²) in [7, 11) is 0. The number of carbonyl (C=O) groups excluding carboxylic acids is 2. The van der Waals surface area contributed by atoms with Crippen molar-refractivity contribution in [1.82, 2.24) is 0 Å². The zero-order valence-corrected chi connectivity index (χ0v) is 18.8. The fourth-order valence-corrected chi connectivity index (χ4v) is 4.34. The van der Waals surface area contributed by atoms with Crippen molar-refractivity contribution in [2.75, 3.05) is 0 Å². The summed E-state index contributed by atoms with van der Waals surface area (Å²) < 4.78 is 39.9. The van der Waals surface area contributed by atoms with E-state index in [2.05, 4.69) is 0 Å². The van der Waals surface area contributed by atoms with Gasteiger partial charge in [-0.1, -0.05) is 42.5 Å². The lowest BCUT2D eigenvalue weighted by Gasteiger charge is -2.10. The van der Waals surface area contributed by atoms with Crippen LogP contribution >= 0.6 is 0 Å². The third-order valence-corrected chi connectivity index (χ3v) is 5.95. The Bertz CT molecular complexity index is 1490. The zero-order valence-electron chi connectivity index (χ0n) is 18.8. The molecule has 1 N–H and O–H groups in total. The van der Waals surface area contributed by atoms with E-state index in [0.29, 0.717) is 21.9 Å². The highest BCUT2D eigenvalue weighted by Gasteiger charge is 2.31. The molecular formula is C28H20F2O5. The smallest absolute Gasteiger partial charge is 0.201 e. The van der Waals surface area contributed by atoms with Gasteiger partial charge in [0.2, 0.25) is 11.6 Å². The second-order valence-corrected chi connectivity index (χ2v) is 8.27. The lowest BCUT2D eigenvalue weighted by molar-refractivity contribution is 0.103. The number of fused-ring (bicyclic) bond motifs is 2. The van der Waals surface area contributed by atoms with Crippen LogP contribution in [-0.2, 0) is 0 Å². The van der Waals surface area contributed by atoms with Crippen LogP contribution in [0.1, 0.15) is 69.6 Å². The van der Waals surface area contributed by atoms with Crippen LogP contribution in [0, 0.1) is 0 Å². The highest BCUT2D eigenvalue weighted by atomic mass is 19.1. The van der Waals surface area contributed by atoms with Gasteiger partial charge in [-0.2, -0.15) is 0 Å². The molecular weight excluding hydrogens is 454 g/mol. The van der Waals surface area contributed by atoms with E-state index in [-0.39, 0.29) is 33.8 Å². The van der Waals surface area contributed by atoms with Crippen LogP contribution in [0.25, 0.3) is 21.9 Å². The number of phenols is 1. The van der Waals surface area contributed by atoms with Gasteiger partial charge >= 0.3 is 0 Å². The molecule has 0 saturated heterocycles. The summed E-state index contributed by atoms with van der Waals surface area (Å²) in [4.78, 5) is 27.1. The van der Waals surface area contributed by atoms with Crippen LogP contribution in [-0.4, -0.2) is 16.7 Å². The van der Waals surface area contributed by atoms with Gasteiger partial charge < -0.3 is 13.9 Å². The number of phenolic OH excluding ortho intramolecular Hbond substituents is 1. The molecule has 2 aromatic heterocycles. The number of rotatable bonds is 6. The largest absolute Gasteiger partial charge is 0.506 e. The highest BCUT2D eigenvalue weighted by Crippen LogP contribution is 2.38. The number of aromatic hydroxyl groups is 1. The molecule has 0 saturated carbocycles. The molecule has 0 spiro atoms. The minimum atomic E-state index is -1.58. The van der Waals surface area contributed by atoms with Crippen molar-refractivity contribution in [1.29, 1.82) is 0 Å². The molecule has 7 heteroatoms. The predicted octanol–water partition coefficient (Wildman–Crippen LogP) is 7.41. The third-order valence-electron chi connectivity index (χ3n) is 5.95. The van der Waals surface area contributed by atoms with Crippen molar-refractivity contribution in [2.45, 2.75) is 26.2 Å². The minimum absolute atomic E-state index is 0.0256. The van der Waals surface area contributed by atoms with Crippen molar-refractivity contribution >= 4 is 33.5 Å². The van der Waals surface area contributed by atoms with Crippen LogP contribution in [0.15, 0.2) is 75.6 Å². The van der Waals surface area contributed by atoms with E-state index >= 15 is 0 Å². The Hall–Kier alpha value is -4.26. The summed E-state index contributed by atoms with van der Waals surface area (Å²) in [5.74, 6) is -2.31. The molecule has 0 radical (unpaired) electrons. The van der Waals surface area contributed by atoms with Gasteiger partial charge in [0.15, 0.2) is 12.3 Å². The van der Waals surface area contributed by atoms with E-state index in [0.717, 1.165) is 0 Å². The second kappa shape index (κ2) is 8.51. The molecule has 5 rings (SSSR count). The van der Waals surface area contributed by atoms with Gasteiger partial charge in [-0.05, 0) is 38.1 Å². The number of hydrogen-bond acceptors (Lipinski definition) is 5. The molecule has 176 valence electrons. The van der Waals surface area contributed by atoms with E-state index < -0.39 is 29.7 Å². The molecule has 2 atom stereocenters. The lowest BCUT2D eigenvalue weighted by atomic mass is 9.93. The van der Waals surface area contributed by atoms with E-state index in [1.807, 2.05) is 0 Å². The van der Waals surface area contributed by atoms with E-state index in [4.69, 9.17) is 8.83 Å². The van der Waals surface area contributed by atoms with Crippen molar-refractivity contribution in [2.24, 2.45) is 0 Å². The molecule has 0 aliphatic heterocycles. The Morgan fingerprint density at radius 3 is 1.49 bits per heavy atom. The number of carbonyl (C=O) groups is 2. The lowest BCUT2D eigenvalue weighted by Crippen LogP contribution is -2.09. The summed E-state index contributed by atoms with van der Waals surface area (Å²) in [6, 6.07) is 17.3. The maximum absolute atomic E-state index is 14.4. The summed E-state index contributed by atoms with van der Waals surface area (Å²) >= 11 is 0. The number of hydrogen-bond donors (Lipinski definition) is 1. The molecule has 0 amide bonds. The molecule has 0 aliphatic rings. The molecule has 5 nitrogen and oxygen atoms in total. The fourth-order valence-electron chi connectivity index (χ4n) is 4.34. The van der Waals surface area contributed by atoms with Gasteiger partial charge in [0.25, 0.3) is 0 Å². The zero-order chi connectivity index (χ0) is 24.9. The first-order valence-corrected chi connectivity index (χ1v) is 11.0. The van der Waals surface area contributed by atoms with E-state index in [1.165, 1.54) is 32.0 Å². The van der Waals surface area contributed by atoms with Crippen LogP contribution in [0.3, 0.4) is 0 Å². The number of alkyl halides is 2. The van der Waals surface area contributed by atoms with E-state index in [9.17, 15) is 23.5 Å². The van der Waals surface area contributed by atoms with Crippen LogP contribution in [0.5, 0.6) is 5.75 Å². The van der Waals surface area contributed by atoms with Crippen LogP contribution in [0.2, 0.25) is 0 Å². The Morgan fingerprint density at radius 2 is 1.09 bits per heavy atom. The Morgan fingerprint density at radius 1 is 0.686 bits per heavy atom.